The predicted octanol–water partition coefficient (Wildman–Crippen LogP) is 3.10. The molecule has 11 heteroatoms. The van der Waals surface area contributed by atoms with E-state index in [9.17, 15) is 4.79 Å². The van der Waals surface area contributed by atoms with Gasteiger partial charge in [-0.25, -0.2) is 9.97 Å². The molecule has 0 saturated heterocycles. The first kappa shape index (κ1) is 18.5. The van der Waals surface area contributed by atoms with Crippen molar-refractivity contribution in [1.82, 2.24) is 35.3 Å². The first-order valence-corrected chi connectivity index (χ1v) is 10.3. The van der Waals surface area contributed by atoms with Gasteiger partial charge in [-0.3, -0.25) is 14.6 Å². The number of carbonyl (C=O) groups is 1. The number of aromatic nitrogens is 6. The number of nitrogens with zero attached hydrogens (tertiary/aromatic N) is 5. The van der Waals surface area contributed by atoms with Gasteiger partial charge in [0.1, 0.15) is 11.2 Å². The molecule has 150 valence electrons. The van der Waals surface area contributed by atoms with Gasteiger partial charge in [-0.1, -0.05) is 23.7 Å². The summed E-state index contributed by atoms with van der Waals surface area (Å²) >= 11 is 6.99. The molecule has 9 nitrogen and oxygen atoms in total. The fourth-order valence-corrected chi connectivity index (χ4v) is 4.02. The molecule has 30 heavy (non-hydrogen) atoms. The van der Waals surface area contributed by atoms with Crippen molar-refractivity contribution in [2.45, 2.75) is 6.54 Å². The van der Waals surface area contributed by atoms with E-state index in [1.807, 2.05) is 30.5 Å². The Bertz CT molecular complexity index is 1370. The van der Waals surface area contributed by atoms with Gasteiger partial charge in [-0.2, -0.15) is 10.2 Å². The molecule has 0 fully saturated rings. The summed E-state index contributed by atoms with van der Waals surface area (Å²) in [4.78, 5) is 20.6. The number of rotatable bonds is 5. The molecule has 0 saturated carbocycles. The average molecular weight is 439 g/mol. The Morgan fingerprint density at radius 2 is 2.17 bits per heavy atom. The lowest BCUT2D eigenvalue weighted by atomic mass is 10.1. The van der Waals surface area contributed by atoms with Gasteiger partial charge in [0.25, 0.3) is 5.91 Å². The number of hydrogen-bond acceptors (Lipinski definition) is 7. The second-order valence-corrected chi connectivity index (χ2v) is 8.04. The van der Waals surface area contributed by atoms with Gasteiger partial charge in [0.05, 0.1) is 17.8 Å². The van der Waals surface area contributed by atoms with Crippen LogP contribution >= 0.6 is 22.9 Å². The van der Waals surface area contributed by atoms with Crippen LogP contribution in [0.15, 0.2) is 42.0 Å². The molecule has 5 rings (SSSR count). The molecule has 4 N–H and O–H groups in total. The molecule has 4 aromatic heterocycles. The largest absolute Gasteiger partial charge is 0.382 e. The van der Waals surface area contributed by atoms with Crippen molar-refractivity contribution in [2.75, 3.05) is 12.3 Å². The number of pyridine rings is 1. The van der Waals surface area contributed by atoms with Crippen molar-refractivity contribution in [3.63, 3.8) is 0 Å². The second-order valence-electron chi connectivity index (χ2n) is 6.60. The van der Waals surface area contributed by atoms with Crippen molar-refractivity contribution < 1.29 is 4.79 Å². The fraction of sp³-hybridized carbons (Fsp3) is 0.105. The van der Waals surface area contributed by atoms with Gasteiger partial charge < -0.3 is 11.1 Å². The number of carbonyl (C=O) groups excluding carboxylic acids is 1. The molecule has 0 atom stereocenters. The van der Waals surface area contributed by atoms with Gasteiger partial charge in [-0.05, 0) is 12.1 Å². The number of amides is 1. The van der Waals surface area contributed by atoms with Crippen LogP contribution in [0.3, 0.4) is 0 Å². The normalized spacial score (nSPS) is 11.4. The first-order valence-electron chi connectivity index (χ1n) is 9.04. The number of halogens is 1. The Morgan fingerprint density at radius 1 is 1.27 bits per heavy atom. The molecule has 0 aliphatic heterocycles. The molecular formula is C19H15ClN8OS. The topological polar surface area (TPSA) is 127 Å². The van der Waals surface area contributed by atoms with Crippen LogP contribution in [0, 0.1) is 0 Å². The summed E-state index contributed by atoms with van der Waals surface area (Å²) in [6.45, 7) is 0.864. The SMILES string of the molecule is Nc1nc2cc(-c3ccn[nH]3)ccc2c2cn(CCNC(=O)c3csc(Cl)n3)nc12. The summed E-state index contributed by atoms with van der Waals surface area (Å²) in [7, 11) is 0. The van der Waals surface area contributed by atoms with Crippen molar-refractivity contribution in [3.8, 4) is 11.3 Å². The van der Waals surface area contributed by atoms with E-state index in [2.05, 4.69) is 30.6 Å². The van der Waals surface area contributed by atoms with Crippen LogP contribution in [-0.4, -0.2) is 42.4 Å². The smallest absolute Gasteiger partial charge is 0.270 e. The Hall–Kier alpha value is -3.50. The lowest BCUT2D eigenvalue weighted by Crippen LogP contribution is -2.27. The van der Waals surface area contributed by atoms with E-state index in [0.29, 0.717) is 34.6 Å². The molecule has 1 amide bonds. The van der Waals surface area contributed by atoms with Gasteiger partial charge >= 0.3 is 0 Å². The molecule has 0 bridgehead atoms. The van der Waals surface area contributed by atoms with Gasteiger partial charge in [0.2, 0.25) is 0 Å². The molecule has 0 unspecified atom stereocenters. The number of thiazole rings is 1. The molecule has 0 aliphatic rings. The van der Waals surface area contributed by atoms with Gasteiger partial charge in [0, 0.05) is 40.7 Å². The third kappa shape index (κ3) is 3.36. The molecule has 0 aliphatic carbocycles. The molecule has 4 heterocycles. The van der Waals surface area contributed by atoms with Crippen LogP contribution in [0.2, 0.25) is 4.47 Å². The van der Waals surface area contributed by atoms with Crippen molar-refractivity contribution in [3.05, 3.63) is 52.2 Å². The van der Waals surface area contributed by atoms with Crippen molar-refractivity contribution in [2.24, 2.45) is 0 Å². The van der Waals surface area contributed by atoms with Crippen LogP contribution in [0.5, 0.6) is 0 Å². The number of hydrogen-bond donors (Lipinski definition) is 3. The number of nitrogen functional groups attached to an aromatic ring is 1. The van der Waals surface area contributed by atoms with Crippen molar-refractivity contribution >= 4 is 56.5 Å². The van der Waals surface area contributed by atoms with Crippen LogP contribution in [0.1, 0.15) is 10.5 Å². The Balaban J connectivity index is 1.40. The molecule has 1 aromatic carbocycles. The number of fused-ring (bicyclic) bond motifs is 3. The lowest BCUT2D eigenvalue weighted by molar-refractivity contribution is 0.0947. The zero-order chi connectivity index (χ0) is 20.7. The first-order chi connectivity index (χ1) is 14.6. The molecular weight excluding hydrogens is 424 g/mol. The molecule has 0 radical (unpaired) electrons. The van der Waals surface area contributed by atoms with E-state index in [-0.39, 0.29) is 5.91 Å². The van der Waals surface area contributed by atoms with E-state index in [1.165, 1.54) is 11.3 Å². The summed E-state index contributed by atoms with van der Waals surface area (Å²) in [5.41, 5.74) is 9.77. The summed E-state index contributed by atoms with van der Waals surface area (Å²) in [6, 6.07) is 7.87. The second kappa shape index (κ2) is 7.39. The third-order valence-corrected chi connectivity index (χ3v) is 5.66. The summed E-state index contributed by atoms with van der Waals surface area (Å²) in [5.74, 6) is 0.0898. The van der Waals surface area contributed by atoms with Crippen LogP contribution in [0.4, 0.5) is 5.82 Å². The number of anilines is 1. The number of aromatic amines is 1. The molecule has 0 spiro atoms. The minimum absolute atomic E-state index is 0.271. The highest BCUT2D eigenvalue weighted by molar-refractivity contribution is 7.14. The average Bonchev–Trinajstić information content (AvgIpc) is 3.48. The lowest BCUT2D eigenvalue weighted by Gasteiger charge is -2.03. The zero-order valence-electron chi connectivity index (χ0n) is 15.5. The summed E-state index contributed by atoms with van der Waals surface area (Å²) in [6.07, 6.45) is 3.62. The Labute approximate surface area is 178 Å². The standard InChI is InChI=1S/C19H15ClN8OS/c20-19-25-15(9-30-19)18(29)22-5-6-28-8-12-11-2-1-10(13-3-4-23-26-13)7-14(11)24-17(21)16(12)27-28/h1-4,7-9H,5-6H2,(H2,21,24)(H,22,29)(H,23,26). The minimum Gasteiger partial charge on any atom is -0.382 e. The maximum Gasteiger partial charge on any atom is 0.270 e. The minimum atomic E-state index is -0.271. The Morgan fingerprint density at radius 3 is 2.93 bits per heavy atom. The van der Waals surface area contributed by atoms with Crippen molar-refractivity contribution in [1.29, 1.82) is 0 Å². The maximum absolute atomic E-state index is 12.1. The number of nitrogens with two attached hydrogens (primary N) is 1. The third-order valence-electron chi connectivity index (χ3n) is 4.68. The summed E-state index contributed by atoms with van der Waals surface area (Å²) < 4.78 is 2.09. The summed E-state index contributed by atoms with van der Waals surface area (Å²) in [5, 5.41) is 17.8. The monoisotopic (exact) mass is 438 g/mol. The number of benzene rings is 1. The van der Waals surface area contributed by atoms with Crippen LogP contribution < -0.4 is 11.1 Å². The highest BCUT2D eigenvalue weighted by atomic mass is 35.5. The molecule has 5 aromatic rings. The van der Waals surface area contributed by atoms with E-state index in [0.717, 1.165) is 27.5 Å². The zero-order valence-corrected chi connectivity index (χ0v) is 17.0. The van der Waals surface area contributed by atoms with Crippen LogP contribution in [0.25, 0.3) is 33.1 Å². The number of nitrogens with one attached hydrogen (secondary N) is 2. The maximum atomic E-state index is 12.1. The van der Waals surface area contributed by atoms with E-state index in [4.69, 9.17) is 17.3 Å². The van der Waals surface area contributed by atoms with Gasteiger partial charge in [-0.15, -0.1) is 11.3 Å². The van der Waals surface area contributed by atoms with Gasteiger partial charge in [0.15, 0.2) is 10.3 Å². The quantitative estimate of drug-likeness (QED) is 0.387. The van der Waals surface area contributed by atoms with E-state index >= 15 is 0 Å². The van der Waals surface area contributed by atoms with Crippen LogP contribution in [-0.2, 0) is 6.54 Å². The fourth-order valence-electron chi connectivity index (χ4n) is 3.27. The highest BCUT2D eigenvalue weighted by Crippen LogP contribution is 2.29. The Kier molecular flexibility index (Phi) is 4.57. The van der Waals surface area contributed by atoms with E-state index < -0.39 is 0 Å². The van der Waals surface area contributed by atoms with E-state index in [1.54, 1.807) is 16.3 Å². The number of H-pyrrole nitrogens is 1. The predicted molar refractivity (Wildman–Crippen MR) is 116 cm³/mol. The highest BCUT2D eigenvalue weighted by Gasteiger charge is 2.13.